The molecule has 2 heterocycles. The molecule has 1 aromatic carbocycles. The van der Waals surface area contributed by atoms with Gasteiger partial charge in [0.1, 0.15) is 5.69 Å². The van der Waals surface area contributed by atoms with Crippen LogP contribution < -0.4 is 10.2 Å². The lowest BCUT2D eigenvalue weighted by Crippen LogP contribution is -2.53. The molecule has 0 aromatic heterocycles. The third-order valence-electron chi connectivity index (χ3n) is 4.15. The van der Waals surface area contributed by atoms with Gasteiger partial charge in [-0.05, 0) is 12.5 Å². The number of amides is 1. The molecule has 7 heteroatoms. The van der Waals surface area contributed by atoms with Crippen molar-refractivity contribution in [3.8, 4) is 0 Å². The summed E-state index contributed by atoms with van der Waals surface area (Å²) in [6.07, 6.45) is 1.57. The summed E-state index contributed by atoms with van der Waals surface area (Å²) in [4.78, 5) is 26.3. The van der Waals surface area contributed by atoms with Gasteiger partial charge in [-0.3, -0.25) is 19.8 Å². The van der Waals surface area contributed by atoms with Gasteiger partial charge in [-0.1, -0.05) is 12.1 Å². The SMILES string of the molecule is O=C1CCC(N2CCN(c3ccccc3[N+](=O)[O-])CC2)N1. The molecule has 1 atom stereocenters. The predicted octanol–water partition coefficient (Wildman–Crippen LogP) is 0.953. The summed E-state index contributed by atoms with van der Waals surface area (Å²) >= 11 is 0. The molecule has 21 heavy (non-hydrogen) atoms. The van der Waals surface area contributed by atoms with Crippen LogP contribution in [0, 0.1) is 10.1 Å². The van der Waals surface area contributed by atoms with Crippen LogP contribution in [0.2, 0.25) is 0 Å². The lowest BCUT2D eigenvalue weighted by atomic mass is 10.2. The highest BCUT2D eigenvalue weighted by atomic mass is 16.6. The van der Waals surface area contributed by atoms with Crippen molar-refractivity contribution in [3.63, 3.8) is 0 Å². The van der Waals surface area contributed by atoms with E-state index in [2.05, 4.69) is 10.2 Å². The van der Waals surface area contributed by atoms with Crippen LogP contribution in [0.1, 0.15) is 12.8 Å². The van der Waals surface area contributed by atoms with Crippen molar-refractivity contribution in [2.75, 3.05) is 31.1 Å². The van der Waals surface area contributed by atoms with E-state index in [1.807, 2.05) is 11.0 Å². The second kappa shape index (κ2) is 5.69. The summed E-state index contributed by atoms with van der Waals surface area (Å²) in [5.41, 5.74) is 0.831. The minimum atomic E-state index is -0.334. The molecule has 0 bridgehead atoms. The number of nitro groups is 1. The van der Waals surface area contributed by atoms with Crippen molar-refractivity contribution in [2.45, 2.75) is 19.0 Å². The second-order valence-electron chi connectivity index (χ2n) is 5.39. The van der Waals surface area contributed by atoms with Crippen molar-refractivity contribution in [2.24, 2.45) is 0 Å². The third kappa shape index (κ3) is 2.82. The Labute approximate surface area is 122 Å². The topological polar surface area (TPSA) is 78.7 Å². The molecule has 2 aliphatic rings. The van der Waals surface area contributed by atoms with Crippen LogP contribution in [-0.2, 0) is 4.79 Å². The van der Waals surface area contributed by atoms with E-state index in [4.69, 9.17) is 0 Å². The molecule has 0 spiro atoms. The highest BCUT2D eigenvalue weighted by Crippen LogP contribution is 2.28. The first-order chi connectivity index (χ1) is 10.1. The Hall–Kier alpha value is -2.15. The van der Waals surface area contributed by atoms with E-state index < -0.39 is 0 Å². The van der Waals surface area contributed by atoms with E-state index in [-0.39, 0.29) is 22.7 Å². The molecule has 2 fully saturated rings. The highest BCUT2D eigenvalue weighted by Gasteiger charge is 2.30. The zero-order valence-electron chi connectivity index (χ0n) is 11.7. The zero-order chi connectivity index (χ0) is 14.8. The maximum atomic E-state index is 11.3. The number of carbonyl (C=O) groups is 1. The van der Waals surface area contributed by atoms with Crippen molar-refractivity contribution < 1.29 is 9.72 Å². The fourth-order valence-corrected chi connectivity index (χ4v) is 3.03. The highest BCUT2D eigenvalue weighted by molar-refractivity contribution is 5.78. The number of nitrogens with zero attached hydrogens (tertiary/aromatic N) is 3. The number of nitro benzene ring substituents is 1. The van der Waals surface area contributed by atoms with Crippen molar-refractivity contribution >= 4 is 17.3 Å². The molecule has 1 unspecified atom stereocenters. The Bertz CT molecular complexity index is 555. The molecule has 1 N–H and O–H groups in total. The summed E-state index contributed by atoms with van der Waals surface area (Å²) in [6.45, 7) is 3.07. The van der Waals surface area contributed by atoms with Crippen LogP contribution in [0.25, 0.3) is 0 Å². The molecule has 2 aliphatic heterocycles. The first-order valence-electron chi connectivity index (χ1n) is 7.17. The third-order valence-corrected chi connectivity index (χ3v) is 4.15. The van der Waals surface area contributed by atoms with Crippen LogP contribution in [0.4, 0.5) is 11.4 Å². The molecule has 0 radical (unpaired) electrons. The monoisotopic (exact) mass is 290 g/mol. The molecular formula is C14H18N4O3. The number of nitrogens with one attached hydrogen (secondary N) is 1. The maximum Gasteiger partial charge on any atom is 0.292 e. The minimum Gasteiger partial charge on any atom is -0.363 e. The molecule has 0 saturated carbocycles. The summed E-state index contributed by atoms with van der Waals surface area (Å²) < 4.78 is 0. The van der Waals surface area contributed by atoms with E-state index >= 15 is 0 Å². The van der Waals surface area contributed by atoms with Crippen LogP contribution in [0.5, 0.6) is 0 Å². The number of rotatable bonds is 3. The number of carbonyl (C=O) groups excluding carboxylic acids is 1. The molecular weight excluding hydrogens is 272 g/mol. The Morgan fingerprint density at radius 3 is 2.52 bits per heavy atom. The van der Waals surface area contributed by atoms with Gasteiger partial charge in [0.15, 0.2) is 0 Å². The molecule has 7 nitrogen and oxygen atoms in total. The van der Waals surface area contributed by atoms with Gasteiger partial charge in [0.2, 0.25) is 5.91 Å². The number of hydrogen-bond acceptors (Lipinski definition) is 5. The van der Waals surface area contributed by atoms with Gasteiger partial charge >= 0.3 is 0 Å². The number of hydrogen-bond donors (Lipinski definition) is 1. The second-order valence-corrected chi connectivity index (χ2v) is 5.39. The normalized spacial score (nSPS) is 23.1. The van der Waals surface area contributed by atoms with Crippen LogP contribution in [-0.4, -0.2) is 48.1 Å². The number of benzene rings is 1. The van der Waals surface area contributed by atoms with Gasteiger partial charge in [0, 0.05) is 38.7 Å². The molecule has 112 valence electrons. The lowest BCUT2D eigenvalue weighted by molar-refractivity contribution is -0.384. The lowest BCUT2D eigenvalue weighted by Gasteiger charge is -2.38. The van der Waals surface area contributed by atoms with Crippen molar-refractivity contribution in [3.05, 3.63) is 34.4 Å². The Balaban J connectivity index is 1.66. The smallest absolute Gasteiger partial charge is 0.292 e. The quantitative estimate of drug-likeness (QED) is 0.662. The van der Waals surface area contributed by atoms with Crippen LogP contribution in [0.15, 0.2) is 24.3 Å². The molecule has 1 aromatic rings. The van der Waals surface area contributed by atoms with Gasteiger partial charge in [0.25, 0.3) is 5.69 Å². The largest absolute Gasteiger partial charge is 0.363 e. The number of piperazine rings is 1. The average Bonchev–Trinajstić information content (AvgIpc) is 2.94. The first kappa shape index (κ1) is 13.8. The van der Waals surface area contributed by atoms with Gasteiger partial charge in [0.05, 0.1) is 11.1 Å². The van der Waals surface area contributed by atoms with E-state index in [9.17, 15) is 14.9 Å². The zero-order valence-corrected chi connectivity index (χ0v) is 11.7. The maximum absolute atomic E-state index is 11.3. The summed E-state index contributed by atoms with van der Waals surface area (Å²) in [5, 5.41) is 14.1. The fourth-order valence-electron chi connectivity index (χ4n) is 3.03. The Morgan fingerprint density at radius 1 is 1.19 bits per heavy atom. The number of para-hydroxylation sites is 2. The van der Waals surface area contributed by atoms with Crippen molar-refractivity contribution in [1.29, 1.82) is 0 Å². The van der Waals surface area contributed by atoms with Gasteiger partial charge in [-0.15, -0.1) is 0 Å². The molecule has 0 aliphatic carbocycles. The van der Waals surface area contributed by atoms with Gasteiger partial charge in [-0.2, -0.15) is 0 Å². The van der Waals surface area contributed by atoms with E-state index in [0.29, 0.717) is 12.1 Å². The van der Waals surface area contributed by atoms with Gasteiger partial charge < -0.3 is 10.2 Å². The minimum absolute atomic E-state index is 0.112. The van der Waals surface area contributed by atoms with E-state index in [1.165, 1.54) is 0 Å². The summed E-state index contributed by atoms with van der Waals surface area (Å²) in [6, 6.07) is 6.85. The Morgan fingerprint density at radius 2 is 1.90 bits per heavy atom. The van der Waals surface area contributed by atoms with E-state index in [0.717, 1.165) is 32.6 Å². The van der Waals surface area contributed by atoms with Crippen molar-refractivity contribution in [1.82, 2.24) is 10.2 Å². The number of anilines is 1. The molecule has 3 rings (SSSR count). The Kier molecular flexibility index (Phi) is 3.74. The summed E-state index contributed by atoms with van der Waals surface area (Å²) in [5.74, 6) is 0.112. The fraction of sp³-hybridized carbons (Fsp3) is 0.500. The predicted molar refractivity (Wildman–Crippen MR) is 78.0 cm³/mol. The first-order valence-corrected chi connectivity index (χ1v) is 7.17. The van der Waals surface area contributed by atoms with E-state index in [1.54, 1.807) is 18.2 Å². The van der Waals surface area contributed by atoms with Crippen LogP contribution in [0.3, 0.4) is 0 Å². The standard InChI is InChI=1S/C14H18N4O3/c19-14-6-5-13(15-14)17-9-7-16(8-10-17)11-3-1-2-4-12(11)18(20)21/h1-4,13H,5-10H2,(H,15,19). The average molecular weight is 290 g/mol. The molecule has 2 saturated heterocycles. The van der Waals surface area contributed by atoms with Crippen LogP contribution >= 0.6 is 0 Å². The van der Waals surface area contributed by atoms with Gasteiger partial charge in [-0.25, -0.2) is 0 Å². The summed E-state index contributed by atoms with van der Waals surface area (Å²) in [7, 11) is 0. The molecule has 1 amide bonds.